The zero-order valence-electron chi connectivity index (χ0n) is 12.1. The van der Waals surface area contributed by atoms with Crippen LogP contribution in [0.2, 0.25) is 10.0 Å². The Hall–Kier alpha value is -2.24. The molecule has 0 saturated carbocycles. The fraction of sp³-hybridized carbons (Fsp3) is 0.125. The highest BCUT2D eigenvalue weighted by Crippen LogP contribution is 2.25. The van der Waals surface area contributed by atoms with Gasteiger partial charge in [-0.3, -0.25) is 4.79 Å². The number of hydrogen-bond donors (Lipinski definition) is 1. The number of rotatable bonds is 5. The zero-order chi connectivity index (χ0) is 16.8. The molecule has 2 aromatic rings. The van der Waals surface area contributed by atoms with E-state index in [0.717, 1.165) is 0 Å². The molecule has 0 aliphatic rings. The van der Waals surface area contributed by atoms with E-state index in [1.807, 2.05) is 0 Å². The van der Waals surface area contributed by atoms with E-state index in [9.17, 15) is 9.59 Å². The van der Waals surface area contributed by atoms with E-state index in [4.69, 9.17) is 32.7 Å². The molecule has 0 heterocycles. The van der Waals surface area contributed by atoms with Crippen molar-refractivity contribution >= 4 is 40.8 Å². The van der Waals surface area contributed by atoms with Gasteiger partial charge in [0, 0.05) is 5.02 Å². The second-order valence-corrected chi connectivity index (χ2v) is 5.32. The maximum atomic E-state index is 11.8. The summed E-state index contributed by atoms with van der Waals surface area (Å²) in [6, 6.07) is 11.0. The molecule has 0 spiro atoms. The number of halogens is 2. The van der Waals surface area contributed by atoms with Crippen molar-refractivity contribution in [1.82, 2.24) is 0 Å². The van der Waals surface area contributed by atoms with Crippen LogP contribution in [0.5, 0.6) is 5.75 Å². The molecule has 1 N–H and O–H groups in total. The van der Waals surface area contributed by atoms with Crippen LogP contribution in [0.3, 0.4) is 0 Å². The van der Waals surface area contributed by atoms with Crippen molar-refractivity contribution in [3.63, 3.8) is 0 Å². The van der Waals surface area contributed by atoms with Crippen LogP contribution in [0.4, 0.5) is 5.69 Å². The average molecular weight is 354 g/mol. The van der Waals surface area contributed by atoms with Crippen molar-refractivity contribution in [3.8, 4) is 5.75 Å². The molecule has 0 bridgehead atoms. The lowest BCUT2D eigenvalue weighted by Crippen LogP contribution is -2.21. The second-order valence-electron chi connectivity index (χ2n) is 4.48. The third kappa shape index (κ3) is 4.87. The number of hydrogen-bond acceptors (Lipinski definition) is 4. The lowest BCUT2D eigenvalue weighted by atomic mass is 10.2. The number of anilines is 1. The van der Waals surface area contributed by atoms with Crippen LogP contribution in [0, 0.1) is 0 Å². The molecule has 0 aliphatic carbocycles. The summed E-state index contributed by atoms with van der Waals surface area (Å²) in [6.45, 7) is -0.437. The first-order chi connectivity index (χ1) is 11.0. The molecule has 5 nitrogen and oxygen atoms in total. The molecule has 2 rings (SSSR count). The Labute approximate surface area is 143 Å². The van der Waals surface area contributed by atoms with Gasteiger partial charge in [-0.2, -0.15) is 0 Å². The fourth-order valence-electron chi connectivity index (χ4n) is 1.72. The monoisotopic (exact) mass is 353 g/mol. The number of amides is 1. The van der Waals surface area contributed by atoms with E-state index >= 15 is 0 Å². The van der Waals surface area contributed by atoms with Crippen LogP contribution in [-0.4, -0.2) is 25.6 Å². The first-order valence-corrected chi connectivity index (χ1v) is 7.31. The minimum Gasteiger partial charge on any atom is -0.497 e. The van der Waals surface area contributed by atoms with E-state index in [-0.39, 0.29) is 0 Å². The summed E-state index contributed by atoms with van der Waals surface area (Å²) in [4.78, 5) is 23.6. The number of nitrogens with one attached hydrogen (secondary N) is 1. The number of carbonyl (C=O) groups excluding carboxylic acids is 2. The van der Waals surface area contributed by atoms with Crippen LogP contribution in [0.15, 0.2) is 42.5 Å². The topological polar surface area (TPSA) is 64.6 Å². The third-order valence-electron chi connectivity index (χ3n) is 2.86. The van der Waals surface area contributed by atoms with Gasteiger partial charge in [0.15, 0.2) is 6.61 Å². The molecule has 7 heteroatoms. The Morgan fingerprint density at radius 3 is 2.43 bits per heavy atom. The second kappa shape index (κ2) is 7.85. The Balaban J connectivity index is 1.90. The molecule has 23 heavy (non-hydrogen) atoms. The van der Waals surface area contributed by atoms with Crippen molar-refractivity contribution < 1.29 is 19.1 Å². The molecular formula is C16H13Cl2NO4. The molecule has 0 atom stereocenters. The summed E-state index contributed by atoms with van der Waals surface area (Å²) >= 11 is 11.8. The summed E-state index contributed by atoms with van der Waals surface area (Å²) in [6.07, 6.45) is 0. The van der Waals surface area contributed by atoms with Crippen molar-refractivity contribution in [2.45, 2.75) is 0 Å². The number of methoxy groups -OCH3 is 1. The summed E-state index contributed by atoms with van der Waals surface area (Å²) in [5.41, 5.74) is 0.670. The van der Waals surface area contributed by atoms with E-state index < -0.39 is 18.5 Å². The SMILES string of the molecule is COc1ccc(C(=O)OCC(=O)Nc2cc(Cl)ccc2Cl)cc1. The number of esters is 1. The van der Waals surface area contributed by atoms with E-state index in [1.165, 1.54) is 13.2 Å². The molecule has 0 saturated heterocycles. The van der Waals surface area contributed by atoms with Gasteiger partial charge in [-0.05, 0) is 42.5 Å². The van der Waals surface area contributed by atoms with Crippen LogP contribution in [0.25, 0.3) is 0 Å². The predicted octanol–water partition coefficient (Wildman–Crippen LogP) is 3.80. The highest BCUT2D eigenvalue weighted by Gasteiger charge is 2.12. The molecular weight excluding hydrogens is 341 g/mol. The van der Waals surface area contributed by atoms with Gasteiger partial charge in [-0.1, -0.05) is 23.2 Å². The van der Waals surface area contributed by atoms with Crippen LogP contribution < -0.4 is 10.1 Å². The highest BCUT2D eigenvalue weighted by atomic mass is 35.5. The number of ether oxygens (including phenoxy) is 2. The van der Waals surface area contributed by atoms with Crippen LogP contribution in [-0.2, 0) is 9.53 Å². The fourth-order valence-corrected chi connectivity index (χ4v) is 2.06. The van der Waals surface area contributed by atoms with Gasteiger partial charge in [-0.15, -0.1) is 0 Å². The highest BCUT2D eigenvalue weighted by molar-refractivity contribution is 6.35. The van der Waals surface area contributed by atoms with Gasteiger partial charge in [0.2, 0.25) is 0 Å². The minimum atomic E-state index is -0.611. The molecule has 0 aliphatic heterocycles. The summed E-state index contributed by atoms with van der Waals surface area (Å²) in [5, 5.41) is 3.29. The van der Waals surface area contributed by atoms with E-state index in [0.29, 0.717) is 27.0 Å². The van der Waals surface area contributed by atoms with Crippen molar-refractivity contribution in [3.05, 3.63) is 58.1 Å². The Kier molecular flexibility index (Phi) is 5.84. The van der Waals surface area contributed by atoms with Crippen molar-refractivity contribution in [2.75, 3.05) is 19.0 Å². The number of benzene rings is 2. The molecule has 0 aromatic heterocycles. The Morgan fingerprint density at radius 1 is 1.09 bits per heavy atom. The first-order valence-electron chi connectivity index (χ1n) is 6.55. The molecule has 0 fully saturated rings. The van der Waals surface area contributed by atoms with Gasteiger partial charge < -0.3 is 14.8 Å². The van der Waals surface area contributed by atoms with Crippen LogP contribution in [0.1, 0.15) is 10.4 Å². The lowest BCUT2D eigenvalue weighted by molar-refractivity contribution is -0.119. The van der Waals surface area contributed by atoms with E-state index in [2.05, 4.69) is 5.32 Å². The maximum Gasteiger partial charge on any atom is 0.338 e. The number of carbonyl (C=O) groups is 2. The van der Waals surface area contributed by atoms with Gasteiger partial charge in [0.05, 0.1) is 23.4 Å². The molecule has 0 radical (unpaired) electrons. The van der Waals surface area contributed by atoms with Crippen molar-refractivity contribution in [1.29, 1.82) is 0 Å². The Morgan fingerprint density at radius 2 is 1.78 bits per heavy atom. The predicted molar refractivity (Wildman–Crippen MR) is 88.4 cm³/mol. The van der Waals surface area contributed by atoms with E-state index in [1.54, 1.807) is 36.4 Å². The normalized spacial score (nSPS) is 10.0. The molecule has 1 amide bonds. The smallest absolute Gasteiger partial charge is 0.338 e. The van der Waals surface area contributed by atoms with Gasteiger partial charge in [0.25, 0.3) is 5.91 Å². The average Bonchev–Trinajstić information content (AvgIpc) is 2.56. The lowest BCUT2D eigenvalue weighted by Gasteiger charge is -2.08. The zero-order valence-corrected chi connectivity index (χ0v) is 13.6. The van der Waals surface area contributed by atoms with Gasteiger partial charge >= 0.3 is 5.97 Å². The summed E-state index contributed by atoms with van der Waals surface area (Å²) in [5.74, 6) is -0.508. The standard InChI is InChI=1S/C16H13Cl2NO4/c1-22-12-5-2-10(3-6-12)16(21)23-9-15(20)19-14-8-11(17)4-7-13(14)18/h2-8H,9H2,1H3,(H,19,20). The van der Waals surface area contributed by atoms with Crippen LogP contribution >= 0.6 is 23.2 Å². The quantitative estimate of drug-likeness (QED) is 0.830. The Bertz CT molecular complexity index is 717. The first kappa shape index (κ1) is 17.1. The third-order valence-corrected chi connectivity index (χ3v) is 3.43. The van der Waals surface area contributed by atoms with Crippen molar-refractivity contribution in [2.24, 2.45) is 0 Å². The molecule has 2 aromatic carbocycles. The minimum absolute atomic E-state index is 0.319. The molecule has 0 unspecified atom stereocenters. The van der Waals surface area contributed by atoms with Gasteiger partial charge in [-0.25, -0.2) is 4.79 Å². The largest absolute Gasteiger partial charge is 0.497 e. The summed E-state index contributed by atoms with van der Waals surface area (Å²) in [7, 11) is 1.53. The van der Waals surface area contributed by atoms with Gasteiger partial charge in [0.1, 0.15) is 5.75 Å². The molecule has 120 valence electrons. The maximum absolute atomic E-state index is 11.8. The summed E-state index contributed by atoms with van der Waals surface area (Å²) < 4.78 is 9.93.